The highest BCUT2D eigenvalue weighted by atomic mass is 15.2. The van der Waals surface area contributed by atoms with Crippen LogP contribution in [0.2, 0.25) is 0 Å². The lowest BCUT2D eigenvalue weighted by molar-refractivity contribution is 0.265. The Kier molecular flexibility index (Phi) is 4.01. The van der Waals surface area contributed by atoms with Gasteiger partial charge < -0.3 is 9.47 Å². The van der Waals surface area contributed by atoms with Gasteiger partial charge in [-0.25, -0.2) is 15.0 Å². The Morgan fingerprint density at radius 1 is 1.29 bits per heavy atom. The number of likely N-dealkylation sites (tertiary alicyclic amines) is 1. The van der Waals surface area contributed by atoms with E-state index in [1.165, 1.54) is 19.5 Å². The summed E-state index contributed by atoms with van der Waals surface area (Å²) in [5.41, 5.74) is 2.03. The van der Waals surface area contributed by atoms with Gasteiger partial charge in [-0.15, -0.1) is 0 Å². The summed E-state index contributed by atoms with van der Waals surface area (Å²) in [7, 11) is 1.99. The van der Waals surface area contributed by atoms with E-state index in [9.17, 15) is 0 Å². The smallest absolute Gasteiger partial charge is 0.158 e. The molecular weight excluding hydrogens is 262 g/mol. The highest BCUT2D eigenvalue weighted by Crippen LogP contribution is 2.23. The number of nitrogens with zero attached hydrogens (tertiary/aromatic N) is 5. The molecule has 1 saturated heterocycles. The summed E-state index contributed by atoms with van der Waals surface area (Å²) < 4.78 is 1.99. The maximum Gasteiger partial charge on any atom is 0.158 e. The van der Waals surface area contributed by atoms with E-state index >= 15 is 0 Å². The van der Waals surface area contributed by atoms with Crippen LogP contribution >= 0.6 is 0 Å². The molecule has 0 radical (unpaired) electrons. The summed E-state index contributed by atoms with van der Waals surface area (Å²) in [4.78, 5) is 15.7. The van der Waals surface area contributed by atoms with Crippen molar-refractivity contribution in [2.45, 2.75) is 32.7 Å². The zero-order valence-corrected chi connectivity index (χ0v) is 13.0. The van der Waals surface area contributed by atoms with Gasteiger partial charge in [0, 0.05) is 37.7 Å². The molecule has 0 spiro atoms. The minimum Gasteiger partial charge on any atom is -0.333 e. The van der Waals surface area contributed by atoms with E-state index in [-0.39, 0.29) is 0 Å². The van der Waals surface area contributed by atoms with Crippen molar-refractivity contribution in [1.29, 1.82) is 0 Å². The number of aryl methyl sites for hydroxylation is 1. The van der Waals surface area contributed by atoms with Crippen molar-refractivity contribution in [3.05, 3.63) is 30.5 Å². The Labute approximate surface area is 126 Å². The van der Waals surface area contributed by atoms with Crippen molar-refractivity contribution in [2.24, 2.45) is 13.0 Å². The minimum atomic E-state index is 0.642. The van der Waals surface area contributed by atoms with Crippen molar-refractivity contribution >= 4 is 0 Å². The second-order valence-electron chi connectivity index (χ2n) is 6.20. The Hall–Kier alpha value is -1.75. The summed E-state index contributed by atoms with van der Waals surface area (Å²) in [6.07, 6.45) is 7.70. The molecule has 0 amide bonds. The van der Waals surface area contributed by atoms with Gasteiger partial charge in [0.15, 0.2) is 5.82 Å². The summed E-state index contributed by atoms with van der Waals surface area (Å²) in [6.45, 7) is 6.93. The number of hydrogen-bond donors (Lipinski definition) is 0. The molecule has 0 aromatic carbocycles. The zero-order valence-electron chi connectivity index (χ0n) is 13.0. The average molecular weight is 285 g/mol. The fraction of sp³-hybridized carbons (Fsp3) is 0.562. The van der Waals surface area contributed by atoms with Crippen LogP contribution in [0.3, 0.4) is 0 Å². The Balaban J connectivity index is 1.71. The van der Waals surface area contributed by atoms with Crippen molar-refractivity contribution in [3.63, 3.8) is 0 Å². The van der Waals surface area contributed by atoms with Crippen LogP contribution in [0.4, 0.5) is 0 Å². The maximum absolute atomic E-state index is 4.45. The summed E-state index contributed by atoms with van der Waals surface area (Å²) in [5, 5.41) is 0. The third-order valence-corrected chi connectivity index (χ3v) is 4.32. The van der Waals surface area contributed by atoms with Crippen molar-refractivity contribution in [3.8, 4) is 11.5 Å². The summed E-state index contributed by atoms with van der Waals surface area (Å²) in [6, 6.07) is 2.73. The van der Waals surface area contributed by atoms with Gasteiger partial charge in [0.05, 0.1) is 0 Å². The molecule has 3 rings (SSSR count). The van der Waals surface area contributed by atoms with Crippen molar-refractivity contribution in [1.82, 2.24) is 24.4 Å². The maximum atomic E-state index is 4.45. The van der Waals surface area contributed by atoms with Crippen LogP contribution in [-0.4, -0.2) is 43.6 Å². The van der Waals surface area contributed by atoms with E-state index in [4.69, 9.17) is 0 Å². The van der Waals surface area contributed by atoms with Gasteiger partial charge in [-0.3, -0.25) is 0 Å². The first-order chi connectivity index (χ1) is 10.1. The average Bonchev–Trinajstić information content (AvgIpc) is 3.08. The number of hydrogen-bond acceptors (Lipinski definition) is 4. The fourth-order valence-corrected chi connectivity index (χ4v) is 3.04. The van der Waals surface area contributed by atoms with Gasteiger partial charge in [-0.1, -0.05) is 0 Å². The third-order valence-electron chi connectivity index (χ3n) is 4.32. The molecule has 0 aliphatic carbocycles. The van der Waals surface area contributed by atoms with E-state index in [0.29, 0.717) is 12.0 Å². The highest BCUT2D eigenvalue weighted by Gasteiger charge is 2.24. The first-order valence-corrected chi connectivity index (χ1v) is 7.66. The first kappa shape index (κ1) is 14.2. The number of aromatic nitrogens is 4. The van der Waals surface area contributed by atoms with Gasteiger partial charge >= 0.3 is 0 Å². The lowest BCUT2D eigenvalue weighted by Crippen LogP contribution is -2.28. The van der Waals surface area contributed by atoms with Crippen LogP contribution in [0.5, 0.6) is 0 Å². The second kappa shape index (κ2) is 5.93. The normalized spacial score (nSPS) is 19.5. The molecule has 5 heteroatoms. The molecule has 1 aliphatic rings. The van der Waals surface area contributed by atoms with E-state index in [1.54, 1.807) is 12.5 Å². The summed E-state index contributed by atoms with van der Waals surface area (Å²) in [5.74, 6) is 1.60. The molecule has 0 N–H and O–H groups in total. The van der Waals surface area contributed by atoms with Gasteiger partial charge in [-0.2, -0.15) is 0 Å². The van der Waals surface area contributed by atoms with Crippen LogP contribution in [0.1, 0.15) is 26.0 Å². The zero-order chi connectivity index (χ0) is 14.8. The predicted octanol–water partition coefficient (Wildman–Crippen LogP) is 2.15. The summed E-state index contributed by atoms with van der Waals surface area (Å²) >= 11 is 0. The molecule has 1 aliphatic heterocycles. The van der Waals surface area contributed by atoms with Crippen LogP contribution < -0.4 is 0 Å². The third kappa shape index (κ3) is 3.13. The molecule has 1 atom stereocenters. The van der Waals surface area contributed by atoms with Gasteiger partial charge in [0.2, 0.25) is 0 Å². The number of imidazole rings is 1. The van der Waals surface area contributed by atoms with Crippen LogP contribution in [0, 0.1) is 5.92 Å². The van der Waals surface area contributed by atoms with Gasteiger partial charge in [-0.05, 0) is 45.2 Å². The Morgan fingerprint density at radius 2 is 2.14 bits per heavy atom. The topological polar surface area (TPSA) is 46.8 Å². The van der Waals surface area contributed by atoms with Gasteiger partial charge in [0.1, 0.15) is 12.0 Å². The number of rotatable bonds is 4. The predicted molar refractivity (Wildman–Crippen MR) is 82.8 cm³/mol. The minimum absolute atomic E-state index is 0.642. The highest BCUT2D eigenvalue weighted by molar-refractivity contribution is 5.49. The SMILES string of the molecule is CC(C)N1CCC(Cc2cc(-c3nccn3C)ncn2)C1. The lowest BCUT2D eigenvalue weighted by Gasteiger charge is -2.20. The molecule has 0 saturated carbocycles. The molecule has 21 heavy (non-hydrogen) atoms. The molecule has 0 bridgehead atoms. The van der Waals surface area contributed by atoms with Crippen molar-refractivity contribution < 1.29 is 0 Å². The largest absolute Gasteiger partial charge is 0.333 e. The van der Waals surface area contributed by atoms with E-state index in [1.807, 2.05) is 17.8 Å². The lowest BCUT2D eigenvalue weighted by atomic mass is 10.0. The van der Waals surface area contributed by atoms with Crippen LogP contribution in [0.15, 0.2) is 24.8 Å². The Morgan fingerprint density at radius 3 is 2.81 bits per heavy atom. The van der Waals surface area contributed by atoms with E-state index in [0.717, 1.165) is 23.6 Å². The first-order valence-electron chi connectivity index (χ1n) is 7.66. The Bertz CT molecular complexity index is 604. The quantitative estimate of drug-likeness (QED) is 0.863. The standard InChI is InChI=1S/C16H23N5/c1-12(2)21-6-4-13(10-21)8-14-9-15(19-11-18-14)16-17-5-7-20(16)3/h5,7,9,11-13H,4,6,8,10H2,1-3H3. The molecule has 1 fully saturated rings. The molecule has 5 nitrogen and oxygen atoms in total. The molecular formula is C16H23N5. The second-order valence-corrected chi connectivity index (χ2v) is 6.20. The van der Waals surface area contributed by atoms with Crippen LogP contribution in [0.25, 0.3) is 11.5 Å². The molecule has 2 aromatic rings. The molecule has 2 aromatic heterocycles. The van der Waals surface area contributed by atoms with Crippen molar-refractivity contribution in [2.75, 3.05) is 13.1 Å². The monoisotopic (exact) mass is 285 g/mol. The molecule has 112 valence electrons. The van der Waals surface area contributed by atoms with Crippen LogP contribution in [-0.2, 0) is 13.5 Å². The fourth-order valence-electron chi connectivity index (χ4n) is 3.04. The van der Waals surface area contributed by atoms with E-state index < -0.39 is 0 Å². The van der Waals surface area contributed by atoms with Gasteiger partial charge in [0.25, 0.3) is 0 Å². The molecule has 1 unspecified atom stereocenters. The van der Waals surface area contributed by atoms with E-state index in [2.05, 4.69) is 39.8 Å². The molecule has 3 heterocycles.